The molecule has 0 bridgehead atoms. The first-order valence-electron chi connectivity index (χ1n) is 5.00. The summed E-state index contributed by atoms with van der Waals surface area (Å²) in [4.78, 5) is 0. The van der Waals surface area contributed by atoms with Crippen LogP contribution in [0.5, 0.6) is 0 Å². The molecule has 2 rings (SSSR count). The van der Waals surface area contributed by atoms with Gasteiger partial charge in [0.2, 0.25) is 0 Å². The Hall–Kier alpha value is -0.790. The van der Waals surface area contributed by atoms with Gasteiger partial charge in [-0.2, -0.15) is 0 Å². The molecule has 1 fully saturated rings. The molecule has 74 valence electrons. The molecular weight excluding hydrogens is 194 g/mol. The van der Waals surface area contributed by atoms with E-state index in [4.69, 9.17) is 11.6 Å². The quantitative estimate of drug-likeness (QED) is 0.746. The summed E-state index contributed by atoms with van der Waals surface area (Å²) < 4.78 is 0. The van der Waals surface area contributed by atoms with Crippen LogP contribution in [0.3, 0.4) is 0 Å². The van der Waals surface area contributed by atoms with Crippen molar-refractivity contribution < 1.29 is 0 Å². The molecule has 1 nitrogen and oxygen atoms in total. The van der Waals surface area contributed by atoms with E-state index >= 15 is 0 Å². The van der Waals surface area contributed by atoms with Crippen LogP contribution in [0, 0.1) is 0 Å². The second-order valence-corrected chi connectivity index (χ2v) is 4.04. The molecule has 0 spiro atoms. The third kappa shape index (κ3) is 2.60. The monoisotopic (exact) mass is 207 g/mol. The summed E-state index contributed by atoms with van der Waals surface area (Å²) in [5.74, 6) is 0. The number of halogens is 1. The average molecular weight is 208 g/mol. The Bertz CT molecular complexity index is 336. The summed E-state index contributed by atoms with van der Waals surface area (Å²) in [6, 6.07) is 8.01. The van der Waals surface area contributed by atoms with E-state index in [-0.39, 0.29) is 0 Å². The summed E-state index contributed by atoms with van der Waals surface area (Å²) in [7, 11) is 0. The Balaban J connectivity index is 2.15. The molecule has 0 radical (unpaired) electrons. The zero-order valence-electron chi connectivity index (χ0n) is 8.09. The van der Waals surface area contributed by atoms with Crippen LogP contribution in [0.15, 0.2) is 29.8 Å². The van der Waals surface area contributed by atoms with Gasteiger partial charge in [-0.25, -0.2) is 0 Å². The molecular formula is C12H14ClN. The Morgan fingerprint density at radius 1 is 1.21 bits per heavy atom. The summed E-state index contributed by atoms with van der Waals surface area (Å²) in [5.41, 5.74) is 2.74. The van der Waals surface area contributed by atoms with Crippen LogP contribution in [-0.2, 0) is 0 Å². The van der Waals surface area contributed by atoms with Crippen molar-refractivity contribution >= 4 is 17.7 Å². The van der Waals surface area contributed by atoms with Gasteiger partial charge in [0.15, 0.2) is 0 Å². The lowest BCUT2D eigenvalue weighted by atomic mass is 10.0. The van der Waals surface area contributed by atoms with Crippen LogP contribution < -0.4 is 5.32 Å². The van der Waals surface area contributed by atoms with Crippen LogP contribution in [0.25, 0.3) is 6.08 Å². The number of hydrogen-bond donors (Lipinski definition) is 1. The molecule has 0 aliphatic carbocycles. The maximum absolute atomic E-state index is 5.92. The molecule has 1 aliphatic rings. The highest BCUT2D eigenvalue weighted by Crippen LogP contribution is 2.17. The van der Waals surface area contributed by atoms with Gasteiger partial charge in [-0.1, -0.05) is 35.4 Å². The third-order valence-corrected chi connectivity index (χ3v) is 2.70. The molecule has 1 aliphatic heterocycles. The highest BCUT2D eigenvalue weighted by atomic mass is 35.5. The molecule has 0 unspecified atom stereocenters. The maximum Gasteiger partial charge on any atom is 0.0411 e. The Kier molecular flexibility index (Phi) is 3.22. The lowest BCUT2D eigenvalue weighted by Crippen LogP contribution is -2.22. The minimum atomic E-state index is 0.813. The molecule has 1 aromatic carbocycles. The van der Waals surface area contributed by atoms with Crippen molar-refractivity contribution in [2.24, 2.45) is 0 Å². The average Bonchev–Trinajstić information content (AvgIpc) is 2.19. The largest absolute Gasteiger partial charge is 0.316 e. The van der Waals surface area contributed by atoms with Gasteiger partial charge in [-0.3, -0.25) is 0 Å². The predicted octanol–water partition coefficient (Wildman–Crippen LogP) is 3.11. The third-order valence-electron chi connectivity index (χ3n) is 2.47. The SMILES string of the molecule is Clc1cccc(C=C2CCNCC2)c1. The van der Waals surface area contributed by atoms with Crippen molar-refractivity contribution in [1.82, 2.24) is 5.32 Å². The first-order valence-corrected chi connectivity index (χ1v) is 5.38. The smallest absolute Gasteiger partial charge is 0.0411 e. The van der Waals surface area contributed by atoms with Gasteiger partial charge < -0.3 is 5.32 Å². The van der Waals surface area contributed by atoms with E-state index in [9.17, 15) is 0 Å². The number of rotatable bonds is 1. The van der Waals surface area contributed by atoms with Crippen molar-refractivity contribution in [3.8, 4) is 0 Å². The first-order chi connectivity index (χ1) is 6.84. The summed E-state index contributed by atoms with van der Waals surface area (Å²) in [6.45, 7) is 2.21. The molecule has 1 aromatic rings. The van der Waals surface area contributed by atoms with Gasteiger partial charge in [0.05, 0.1) is 0 Å². The number of nitrogens with one attached hydrogen (secondary N) is 1. The van der Waals surface area contributed by atoms with Crippen LogP contribution >= 0.6 is 11.6 Å². The van der Waals surface area contributed by atoms with Gasteiger partial charge in [0.1, 0.15) is 0 Å². The van der Waals surface area contributed by atoms with Crippen molar-refractivity contribution in [2.45, 2.75) is 12.8 Å². The zero-order chi connectivity index (χ0) is 9.80. The fourth-order valence-corrected chi connectivity index (χ4v) is 1.92. The van der Waals surface area contributed by atoms with Crippen LogP contribution in [0.2, 0.25) is 5.02 Å². The molecule has 0 amide bonds. The Morgan fingerprint density at radius 3 is 2.71 bits per heavy atom. The zero-order valence-corrected chi connectivity index (χ0v) is 8.85. The first kappa shape index (κ1) is 9.75. The van der Waals surface area contributed by atoms with Crippen molar-refractivity contribution in [3.05, 3.63) is 40.4 Å². The van der Waals surface area contributed by atoms with Gasteiger partial charge in [-0.15, -0.1) is 0 Å². The minimum Gasteiger partial charge on any atom is -0.316 e. The normalized spacial score (nSPS) is 16.8. The number of hydrogen-bond acceptors (Lipinski definition) is 1. The van der Waals surface area contributed by atoms with Crippen LogP contribution in [-0.4, -0.2) is 13.1 Å². The van der Waals surface area contributed by atoms with Gasteiger partial charge >= 0.3 is 0 Å². The topological polar surface area (TPSA) is 12.0 Å². The standard InChI is InChI=1S/C12H14ClN/c13-12-3-1-2-11(9-12)8-10-4-6-14-7-5-10/h1-3,8-9,14H,4-7H2. The van der Waals surface area contributed by atoms with E-state index in [1.54, 1.807) is 0 Å². The molecule has 0 saturated carbocycles. The maximum atomic E-state index is 5.92. The highest BCUT2D eigenvalue weighted by Gasteiger charge is 2.03. The van der Waals surface area contributed by atoms with Crippen molar-refractivity contribution in [1.29, 1.82) is 0 Å². The van der Waals surface area contributed by atoms with Crippen LogP contribution in [0.4, 0.5) is 0 Å². The molecule has 0 atom stereocenters. The molecule has 1 heterocycles. The van der Waals surface area contributed by atoms with Crippen molar-refractivity contribution in [3.63, 3.8) is 0 Å². The summed E-state index contributed by atoms with van der Waals surface area (Å²) >= 11 is 5.92. The Labute approximate surface area is 89.8 Å². The Morgan fingerprint density at radius 2 is 2.00 bits per heavy atom. The minimum absolute atomic E-state index is 0.813. The van der Waals surface area contributed by atoms with Crippen molar-refractivity contribution in [2.75, 3.05) is 13.1 Å². The van der Waals surface area contributed by atoms with Gasteiger partial charge in [0.25, 0.3) is 0 Å². The van der Waals surface area contributed by atoms with Gasteiger partial charge in [-0.05, 0) is 43.6 Å². The fourth-order valence-electron chi connectivity index (χ4n) is 1.72. The van der Waals surface area contributed by atoms with E-state index in [1.165, 1.54) is 11.1 Å². The lowest BCUT2D eigenvalue weighted by Gasteiger charge is -2.15. The van der Waals surface area contributed by atoms with E-state index in [1.807, 2.05) is 18.2 Å². The second-order valence-electron chi connectivity index (χ2n) is 3.61. The molecule has 2 heteroatoms. The van der Waals surface area contributed by atoms with E-state index in [2.05, 4.69) is 17.5 Å². The van der Waals surface area contributed by atoms with E-state index in [0.29, 0.717) is 0 Å². The lowest BCUT2D eigenvalue weighted by molar-refractivity contribution is 0.613. The number of benzene rings is 1. The molecule has 0 aromatic heterocycles. The molecule has 1 saturated heterocycles. The number of piperidine rings is 1. The van der Waals surface area contributed by atoms with E-state index in [0.717, 1.165) is 31.0 Å². The highest BCUT2D eigenvalue weighted by molar-refractivity contribution is 6.30. The fraction of sp³-hybridized carbons (Fsp3) is 0.333. The molecule has 14 heavy (non-hydrogen) atoms. The van der Waals surface area contributed by atoms with Gasteiger partial charge in [0, 0.05) is 5.02 Å². The predicted molar refractivity (Wildman–Crippen MR) is 61.5 cm³/mol. The van der Waals surface area contributed by atoms with Crippen LogP contribution in [0.1, 0.15) is 18.4 Å². The van der Waals surface area contributed by atoms with E-state index < -0.39 is 0 Å². The molecule has 1 N–H and O–H groups in total. The second kappa shape index (κ2) is 4.63. The summed E-state index contributed by atoms with van der Waals surface area (Å²) in [6.07, 6.45) is 4.58. The summed E-state index contributed by atoms with van der Waals surface area (Å²) in [5, 5.41) is 4.16.